The molecule has 0 fully saturated rings. The van der Waals surface area contributed by atoms with Gasteiger partial charge in [-0.15, -0.1) is 11.3 Å². The average molecular weight is 256 g/mol. The third-order valence-electron chi connectivity index (χ3n) is 2.96. The van der Waals surface area contributed by atoms with Crippen LogP contribution in [-0.2, 0) is 13.0 Å². The van der Waals surface area contributed by atoms with E-state index in [1.165, 1.54) is 0 Å². The Balaban J connectivity index is 1.87. The number of pyridine rings is 2. The first-order chi connectivity index (χ1) is 8.84. The Morgan fingerprint density at radius 2 is 2.22 bits per heavy atom. The molecule has 0 saturated heterocycles. The first-order valence-electron chi connectivity index (χ1n) is 5.80. The van der Waals surface area contributed by atoms with Crippen LogP contribution in [-0.4, -0.2) is 9.55 Å². The Hall–Kier alpha value is -1.94. The molecule has 18 heavy (non-hydrogen) atoms. The molecule has 3 heterocycles. The van der Waals surface area contributed by atoms with E-state index in [-0.39, 0.29) is 5.56 Å². The van der Waals surface area contributed by atoms with Crippen molar-refractivity contribution >= 4 is 21.4 Å². The number of aryl methyl sites for hydroxylation is 2. The Bertz CT molecular complexity index is 715. The van der Waals surface area contributed by atoms with Gasteiger partial charge in [0.05, 0.1) is 5.39 Å². The molecule has 3 rings (SSSR count). The van der Waals surface area contributed by atoms with Gasteiger partial charge in [-0.25, -0.2) is 0 Å². The summed E-state index contributed by atoms with van der Waals surface area (Å²) in [7, 11) is 0. The summed E-state index contributed by atoms with van der Waals surface area (Å²) in [5.74, 6) is 0. The SMILES string of the molecule is O=c1c2ccsc2ccn1CCc1cccnc1. The highest BCUT2D eigenvalue weighted by Crippen LogP contribution is 2.16. The van der Waals surface area contributed by atoms with E-state index in [1.54, 1.807) is 22.1 Å². The summed E-state index contributed by atoms with van der Waals surface area (Å²) in [6, 6.07) is 7.84. The second-order valence-corrected chi connectivity index (χ2v) is 5.07. The first-order valence-corrected chi connectivity index (χ1v) is 6.68. The lowest BCUT2D eigenvalue weighted by atomic mass is 10.2. The molecule has 90 valence electrons. The van der Waals surface area contributed by atoms with Crippen LogP contribution in [0.1, 0.15) is 5.56 Å². The molecule has 0 aliphatic carbocycles. The lowest BCUT2D eigenvalue weighted by Gasteiger charge is -2.05. The van der Waals surface area contributed by atoms with E-state index < -0.39 is 0 Å². The van der Waals surface area contributed by atoms with Crippen LogP contribution in [0.3, 0.4) is 0 Å². The van der Waals surface area contributed by atoms with Crippen molar-refractivity contribution in [3.8, 4) is 0 Å². The van der Waals surface area contributed by atoms with Gasteiger partial charge in [0, 0.05) is 29.8 Å². The van der Waals surface area contributed by atoms with Gasteiger partial charge in [0.25, 0.3) is 5.56 Å². The zero-order valence-corrected chi connectivity index (χ0v) is 10.6. The van der Waals surface area contributed by atoms with Crippen LogP contribution in [0, 0.1) is 0 Å². The highest BCUT2D eigenvalue weighted by atomic mass is 32.1. The number of hydrogen-bond acceptors (Lipinski definition) is 3. The van der Waals surface area contributed by atoms with Crippen LogP contribution in [0.5, 0.6) is 0 Å². The van der Waals surface area contributed by atoms with Crippen molar-refractivity contribution in [2.24, 2.45) is 0 Å². The quantitative estimate of drug-likeness (QED) is 0.722. The normalized spacial score (nSPS) is 10.9. The average Bonchev–Trinajstić information content (AvgIpc) is 2.88. The lowest BCUT2D eigenvalue weighted by molar-refractivity contribution is 0.674. The number of fused-ring (bicyclic) bond motifs is 1. The second-order valence-electron chi connectivity index (χ2n) is 4.12. The number of rotatable bonds is 3. The van der Waals surface area contributed by atoms with Gasteiger partial charge < -0.3 is 4.57 Å². The fraction of sp³-hybridized carbons (Fsp3) is 0.143. The minimum Gasteiger partial charge on any atom is -0.315 e. The largest absolute Gasteiger partial charge is 0.315 e. The van der Waals surface area contributed by atoms with Crippen LogP contribution in [0.4, 0.5) is 0 Å². The standard InChI is InChI=1S/C14H12N2OS/c17-14-12-5-9-18-13(12)4-8-16(14)7-3-11-2-1-6-15-10-11/h1-2,4-6,8-10H,3,7H2. The molecular formula is C14H12N2OS. The van der Waals surface area contributed by atoms with Crippen molar-refractivity contribution < 1.29 is 0 Å². The Kier molecular flexibility index (Phi) is 2.94. The summed E-state index contributed by atoms with van der Waals surface area (Å²) in [5, 5.41) is 2.77. The molecule has 0 amide bonds. The van der Waals surface area contributed by atoms with Gasteiger partial charge in [0.2, 0.25) is 0 Å². The lowest BCUT2D eigenvalue weighted by Crippen LogP contribution is -2.19. The zero-order valence-electron chi connectivity index (χ0n) is 9.74. The number of aromatic nitrogens is 2. The Labute approximate surface area is 108 Å². The highest BCUT2D eigenvalue weighted by Gasteiger charge is 2.03. The van der Waals surface area contributed by atoms with Crippen LogP contribution >= 0.6 is 11.3 Å². The summed E-state index contributed by atoms with van der Waals surface area (Å²) in [5.41, 5.74) is 1.24. The predicted molar refractivity (Wildman–Crippen MR) is 74.0 cm³/mol. The molecule has 0 bridgehead atoms. The molecule has 0 aliphatic rings. The molecule has 0 unspecified atom stereocenters. The van der Waals surface area contributed by atoms with Crippen molar-refractivity contribution in [3.05, 3.63) is 64.2 Å². The summed E-state index contributed by atoms with van der Waals surface area (Å²) in [4.78, 5) is 16.2. The molecule has 0 radical (unpaired) electrons. The maximum atomic E-state index is 12.2. The van der Waals surface area contributed by atoms with Crippen molar-refractivity contribution in [1.29, 1.82) is 0 Å². The van der Waals surface area contributed by atoms with Crippen LogP contribution in [0.15, 0.2) is 53.0 Å². The van der Waals surface area contributed by atoms with Gasteiger partial charge in [-0.3, -0.25) is 9.78 Å². The molecule has 0 spiro atoms. The molecule has 0 atom stereocenters. The summed E-state index contributed by atoms with van der Waals surface area (Å²) < 4.78 is 2.82. The van der Waals surface area contributed by atoms with E-state index in [0.717, 1.165) is 22.1 Å². The van der Waals surface area contributed by atoms with Crippen molar-refractivity contribution in [1.82, 2.24) is 9.55 Å². The fourth-order valence-corrected chi connectivity index (χ4v) is 2.75. The number of hydrogen-bond donors (Lipinski definition) is 0. The summed E-state index contributed by atoms with van der Waals surface area (Å²) in [6.45, 7) is 0.691. The van der Waals surface area contributed by atoms with E-state index in [4.69, 9.17) is 0 Å². The molecule has 3 aromatic rings. The fourth-order valence-electron chi connectivity index (χ4n) is 1.98. The van der Waals surface area contributed by atoms with Gasteiger partial charge >= 0.3 is 0 Å². The van der Waals surface area contributed by atoms with Gasteiger partial charge in [0.1, 0.15) is 0 Å². The van der Waals surface area contributed by atoms with Gasteiger partial charge in [0.15, 0.2) is 0 Å². The van der Waals surface area contributed by atoms with Crippen molar-refractivity contribution in [3.63, 3.8) is 0 Å². The molecule has 0 saturated carbocycles. The minimum absolute atomic E-state index is 0.0950. The van der Waals surface area contributed by atoms with E-state index in [1.807, 2.05) is 42.0 Å². The molecule has 0 aliphatic heterocycles. The molecular weight excluding hydrogens is 244 g/mol. The van der Waals surface area contributed by atoms with Crippen LogP contribution in [0.25, 0.3) is 10.1 Å². The van der Waals surface area contributed by atoms with Crippen LogP contribution < -0.4 is 5.56 Å². The number of nitrogens with zero attached hydrogens (tertiary/aromatic N) is 2. The Morgan fingerprint density at radius 3 is 3.06 bits per heavy atom. The molecule has 4 heteroatoms. The van der Waals surface area contributed by atoms with Gasteiger partial charge in [-0.05, 0) is 35.6 Å². The third kappa shape index (κ3) is 2.07. The second kappa shape index (κ2) is 4.74. The third-order valence-corrected chi connectivity index (χ3v) is 3.84. The molecule has 0 N–H and O–H groups in total. The van der Waals surface area contributed by atoms with E-state index >= 15 is 0 Å². The maximum Gasteiger partial charge on any atom is 0.259 e. The molecule has 0 aromatic carbocycles. The monoisotopic (exact) mass is 256 g/mol. The topological polar surface area (TPSA) is 34.9 Å². The maximum absolute atomic E-state index is 12.2. The van der Waals surface area contributed by atoms with Crippen molar-refractivity contribution in [2.45, 2.75) is 13.0 Å². The highest BCUT2D eigenvalue weighted by molar-refractivity contribution is 7.17. The van der Waals surface area contributed by atoms with E-state index in [2.05, 4.69) is 4.98 Å². The summed E-state index contributed by atoms with van der Waals surface area (Å²) >= 11 is 1.60. The molecule has 3 nitrogen and oxygen atoms in total. The number of thiophene rings is 1. The van der Waals surface area contributed by atoms with Crippen LogP contribution in [0.2, 0.25) is 0 Å². The first kappa shape index (κ1) is 11.2. The van der Waals surface area contributed by atoms with Gasteiger partial charge in [-0.2, -0.15) is 0 Å². The Morgan fingerprint density at radius 1 is 1.28 bits per heavy atom. The van der Waals surface area contributed by atoms with E-state index in [0.29, 0.717) is 6.54 Å². The minimum atomic E-state index is 0.0950. The predicted octanol–water partition coefficient (Wildman–Crippen LogP) is 2.70. The molecule has 3 aromatic heterocycles. The smallest absolute Gasteiger partial charge is 0.259 e. The summed E-state index contributed by atoms with van der Waals surface area (Å²) in [6.07, 6.45) is 6.29. The zero-order chi connectivity index (χ0) is 12.4. The van der Waals surface area contributed by atoms with Crippen molar-refractivity contribution in [2.75, 3.05) is 0 Å². The van der Waals surface area contributed by atoms with E-state index in [9.17, 15) is 4.79 Å². The van der Waals surface area contributed by atoms with Gasteiger partial charge in [-0.1, -0.05) is 6.07 Å².